The molecule has 0 saturated carbocycles. The van der Waals surface area contributed by atoms with Gasteiger partial charge in [0.25, 0.3) is 0 Å². The van der Waals surface area contributed by atoms with Crippen LogP contribution in [-0.2, 0) is 24.4 Å². The van der Waals surface area contributed by atoms with Crippen molar-refractivity contribution in [1.29, 1.82) is 0 Å². The molecule has 1 aromatic heterocycles. The minimum Gasteiger partial charge on any atom is -0.486 e. The molecule has 3 aromatic carbocycles. The Balaban J connectivity index is 1.44. The Labute approximate surface area is 202 Å². The van der Waals surface area contributed by atoms with Crippen LogP contribution in [0.15, 0.2) is 90.1 Å². The number of amides is 1. The maximum Gasteiger partial charge on any atom is 0.234 e. The molecular weight excluding hydrogens is 456 g/mol. The molecule has 0 aliphatic carbocycles. The number of aromatic nitrogens is 3. The quantitative estimate of drug-likeness (QED) is 0.305. The van der Waals surface area contributed by atoms with E-state index in [1.54, 1.807) is 12.1 Å². The average Bonchev–Trinajstić information content (AvgIpc) is 3.24. The van der Waals surface area contributed by atoms with E-state index in [9.17, 15) is 4.79 Å². The summed E-state index contributed by atoms with van der Waals surface area (Å²) in [6, 6.07) is 27.0. The first-order valence-electron chi connectivity index (χ1n) is 10.5. The second-order valence-corrected chi connectivity index (χ2v) is 8.55. The van der Waals surface area contributed by atoms with Crippen molar-refractivity contribution in [2.45, 2.75) is 24.7 Å². The second kappa shape index (κ2) is 11.5. The molecule has 0 fully saturated rings. The van der Waals surface area contributed by atoms with E-state index in [0.717, 1.165) is 12.2 Å². The monoisotopic (exact) mass is 478 g/mol. The minimum absolute atomic E-state index is 0.159. The highest BCUT2D eigenvalue weighted by Gasteiger charge is 2.15. The van der Waals surface area contributed by atoms with Gasteiger partial charge in [-0.15, -0.1) is 10.2 Å². The van der Waals surface area contributed by atoms with Gasteiger partial charge in [0.05, 0.1) is 16.5 Å². The number of carbonyl (C=O) groups is 1. The van der Waals surface area contributed by atoms with Gasteiger partial charge in [0.1, 0.15) is 12.4 Å². The predicted octanol–water partition coefficient (Wildman–Crippen LogP) is 5.48. The van der Waals surface area contributed by atoms with Gasteiger partial charge in [0.15, 0.2) is 11.0 Å². The van der Waals surface area contributed by atoms with Crippen LogP contribution in [0, 0.1) is 0 Å². The van der Waals surface area contributed by atoms with E-state index < -0.39 is 0 Å². The molecule has 1 amide bonds. The Morgan fingerprint density at radius 3 is 2.39 bits per heavy atom. The van der Waals surface area contributed by atoms with Gasteiger partial charge in [0.2, 0.25) is 5.91 Å². The Morgan fingerprint density at radius 1 is 0.939 bits per heavy atom. The summed E-state index contributed by atoms with van der Waals surface area (Å²) in [5.41, 5.74) is 1.81. The number of halogens is 1. The van der Waals surface area contributed by atoms with Crippen LogP contribution >= 0.6 is 23.4 Å². The van der Waals surface area contributed by atoms with Gasteiger partial charge in [-0.3, -0.25) is 4.79 Å². The van der Waals surface area contributed by atoms with Crippen molar-refractivity contribution in [2.75, 3.05) is 11.1 Å². The van der Waals surface area contributed by atoms with Gasteiger partial charge < -0.3 is 14.6 Å². The third-order valence-corrected chi connectivity index (χ3v) is 6.15. The van der Waals surface area contributed by atoms with E-state index in [0.29, 0.717) is 28.2 Å². The molecule has 168 valence electrons. The van der Waals surface area contributed by atoms with Crippen LogP contribution in [0.4, 0.5) is 5.69 Å². The van der Waals surface area contributed by atoms with Crippen molar-refractivity contribution in [3.8, 4) is 5.75 Å². The lowest BCUT2D eigenvalue weighted by Gasteiger charge is -2.11. The molecule has 0 saturated heterocycles. The first kappa shape index (κ1) is 22.9. The van der Waals surface area contributed by atoms with Gasteiger partial charge in [-0.1, -0.05) is 84.0 Å². The van der Waals surface area contributed by atoms with Crippen molar-refractivity contribution < 1.29 is 9.53 Å². The molecule has 4 aromatic rings. The number of hydrogen-bond donors (Lipinski definition) is 1. The lowest BCUT2D eigenvalue weighted by molar-refractivity contribution is -0.113. The maximum absolute atomic E-state index is 12.5. The third-order valence-electron chi connectivity index (χ3n) is 4.85. The van der Waals surface area contributed by atoms with Gasteiger partial charge in [-0.2, -0.15) is 0 Å². The van der Waals surface area contributed by atoms with Crippen LogP contribution in [-0.4, -0.2) is 26.4 Å². The maximum atomic E-state index is 12.5. The number of thioether (sulfide) groups is 1. The number of anilines is 1. The van der Waals surface area contributed by atoms with E-state index in [-0.39, 0.29) is 18.3 Å². The highest BCUT2D eigenvalue weighted by atomic mass is 35.5. The van der Waals surface area contributed by atoms with Crippen LogP contribution < -0.4 is 10.1 Å². The summed E-state index contributed by atoms with van der Waals surface area (Å²) in [5, 5.41) is 12.7. The number of nitrogens with one attached hydrogen (secondary N) is 1. The SMILES string of the molecule is O=C(CSc1nnc(COc2ccccc2)n1CCc1ccccc1)Nc1ccccc1Cl. The zero-order valence-electron chi connectivity index (χ0n) is 17.9. The molecular formula is C25H23ClN4O2S. The summed E-state index contributed by atoms with van der Waals surface area (Å²) in [5.74, 6) is 1.51. The number of para-hydroxylation sites is 2. The van der Waals surface area contributed by atoms with Crippen molar-refractivity contribution in [2.24, 2.45) is 0 Å². The number of hydrogen-bond acceptors (Lipinski definition) is 5. The van der Waals surface area contributed by atoms with Crippen molar-refractivity contribution in [3.63, 3.8) is 0 Å². The normalized spacial score (nSPS) is 10.7. The first-order valence-corrected chi connectivity index (χ1v) is 11.9. The van der Waals surface area contributed by atoms with Crippen LogP contribution in [0.25, 0.3) is 0 Å². The summed E-state index contributed by atoms with van der Waals surface area (Å²) < 4.78 is 7.91. The third kappa shape index (κ3) is 6.60. The second-order valence-electron chi connectivity index (χ2n) is 7.20. The summed E-state index contributed by atoms with van der Waals surface area (Å²) in [7, 11) is 0. The molecule has 0 atom stereocenters. The van der Waals surface area contributed by atoms with Crippen LogP contribution in [0.2, 0.25) is 5.02 Å². The standard InChI is InChI=1S/C25H23ClN4O2S/c26-21-13-7-8-14-22(21)27-24(31)18-33-25-29-28-23(17-32-20-11-5-2-6-12-20)30(25)16-15-19-9-3-1-4-10-19/h1-14H,15-18H2,(H,27,31). The first-order chi connectivity index (χ1) is 16.2. The predicted molar refractivity (Wildman–Crippen MR) is 132 cm³/mol. The molecule has 33 heavy (non-hydrogen) atoms. The zero-order valence-corrected chi connectivity index (χ0v) is 19.4. The molecule has 6 nitrogen and oxygen atoms in total. The van der Waals surface area contributed by atoms with Crippen molar-refractivity contribution in [1.82, 2.24) is 14.8 Å². The van der Waals surface area contributed by atoms with Gasteiger partial charge >= 0.3 is 0 Å². The molecule has 4 rings (SSSR count). The Hall–Kier alpha value is -3.29. The number of benzene rings is 3. The summed E-state index contributed by atoms with van der Waals surface area (Å²) in [6.07, 6.45) is 0.816. The van der Waals surface area contributed by atoms with Crippen LogP contribution in [0.3, 0.4) is 0 Å². The molecule has 1 heterocycles. The van der Waals surface area contributed by atoms with E-state index in [2.05, 4.69) is 27.6 Å². The fourth-order valence-corrected chi connectivity index (χ4v) is 4.15. The van der Waals surface area contributed by atoms with Crippen molar-refractivity contribution in [3.05, 3.63) is 101 Å². The van der Waals surface area contributed by atoms with E-state index in [4.69, 9.17) is 16.3 Å². The highest BCUT2D eigenvalue weighted by molar-refractivity contribution is 7.99. The molecule has 0 spiro atoms. The molecule has 1 N–H and O–H groups in total. The molecule has 8 heteroatoms. The van der Waals surface area contributed by atoms with Gasteiger partial charge in [-0.25, -0.2) is 0 Å². The molecule has 0 aliphatic rings. The molecule has 0 radical (unpaired) electrons. The lowest BCUT2D eigenvalue weighted by Crippen LogP contribution is -2.15. The summed E-state index contributed by atoms with van der Waals surface area (Å²) >= 11 is 7.47. The number of carbonyl (C=O) groups excluding carboxylic acids is 1. The fourth-order valence-electron chi connectivity index (χ4n) is 3.19. The topological polar surface area (TPSA) is 69.0 Å². The Bertz CT molecular complexity index is 1190. The largest absolute Gasteiger partial charge is 0.486 e. The molecule has 0 bridgehead atoms. The van der Waals surface area contributed by atoms with Gasteiger partial charge in [0, 0.05) is 6.54 Å². The Morgan fingerprint density at radius 2 is 1.64 bits per heavy atom. The zero-order chi connectivity index (χ0) is 22.9. The number of aryl methyl sites for hydroxylation is 1. The van der Waals surface area contributed by atoms with Crippen LogP contribution in [0.1, 0.15) is 11.4 Å². The number of ether oxygens (including phenoxy) is 1. The lowest BCUT2D eigenvalue weighted by atomic mass is 10.1. The van der Waals surface area contributed by atoms with Crippen molar-refractivity contribution >= 4 is 35.0 Å². The van der Waals surface area contributed by atoms with E-state index >= 15 is 0 Å². The number of rotatable bonds is 10. The van der Waals surface area contributed by atoms with E-state index in [1.165, 1.54) is 17.3 Å². The fraction of sp³-hybridized carbons (Fsp3) is 0.160. The van der Waals surface area contributed by atoms with Crippen LogP contribution in [0.5, 0.6) is 5.75 Å². The average molecular weight is 479 g/mol. The molecule has 0 unspecified atom stereocenters. The smallest absolute Gasteiger partial charge is 0.234 e. The minimum atomic E-state index is -0.159. The summed E-state index contributed by atoms with van der Waals surface area (Å²) in [4.78, 5) is 12.5. The Kier molecular flexibility index (Phi) is 8.00. The molecule has 0 aliphatic heterocycles. The number of nitrogens with zero attached hydrogens (tertiary/aromatic N) is 3. The van der Waals surface area contributed by atoms with E-state index in [1.807, 2.05) is 65.2 Å². The highest BCUT2D eigenvalue weighted by Crippen LogP contribution is 2.23. The summed E-state index contributed by atoms with van der Waals surface area (Å²) in [6.45, 7) is 0.969. The van der Waals surface area contributed by atoms with Gasteiger partial charge in [-0.05, 0) is 36.2 Å².